The molecule has 2 aromatic rings. The van der Waals surface area contributed by atoms with Crippen LogP contribution in [0.3, 0.4) is 0 Å². The molecule has 0 bridgehead atoms. The van der Waals surface area contributed by atoms with E-state index in [1.165, 1.54) is 17.0 Å². The molecule has 0 radical (unpaired) electrons. The van der Waals surface area contributed by atoms with Crippen LogP contribution in [0.2, 0.25) is 5.02 Å². The Morgan fingerprint density at radius 3 is 2.56 bits per heavy atom. The maximum absolute atomic E-state index is 6.07. The van der Waals surface area contributed by atoms with Crippen molar-refractivity contribution in [3.8, 4) is 0 Å². The summed E-state index contributed by atoms with van der Waals surface area (Å²) in [6, 6.07) is 8.11. The van der Waals surface area contributed by atoms with Crippen molar-refractivity contribution in [3.05, 3.63) is 50.7 Å². The van der Waals surface area contributed by atoms with E-state index in [1.54, 1.807) is 0 Å². The van der Waals surface area contributed by atoms with Crippen molar-refractivity contribution in [3.63, 3.8) is 0 Å². The number of halogens is 2. The lowest BCUT2D eigenvalue weighted by atomic mass is 10.2. The first-order chi connectivity index (χ1) is 8.49. The third kappa shape index (κ3) is 2.73. The van der Waals surface area contributed by atoms with Gasteiger partial charge in [0, 0.05) is 35.1 Å². The number of hydrogen-bond acceptors (Lipinski definition) is 1. The van der Waals surface area contributed by atoms with Crippen LogP contribution in [-0.4, -0.2) is 4.57 Å². The smallest absolute Gasteiger partial charge is 0.0568 e. The molecule has 0 unspecified atom stereocenters. The maximum atomic E-state index is 6.07. The predicted octanol–water partition coefficient (Wildman–Crippen LogP) is 4.67. The monoisotopic (exact) mass is 326 g/mol. The first-order valence-corrected chi connectivity index (χ1v) is 6.97. The zero-order chi connectivity index (χ0) is 13.3. The summed E-state index contributed by atoms with van der Waals surface area (Å²) >= 11 is 9.45. The molecule has 4 heteroatoms. The van der Waals surface area contributed by atoms with Crippen LogP contribution in [0.15, 0.2) is 28.7 Å². The lowest BCUT2D eigenvalue weighted by Gasteiger charge is -2.08. The largest absolute Gasteiger partial charge is 0.381 e. The van der Waals surface area contributed by atoms with Crippen molar-refractivity contribution < 1.29 is 0 Å². The molecule has 0 aliphatic carbocycles. The number of hydrogen-bond donors (Lipinski definition) is 1. The molecule has 1 N–H and O–H groups in total. The first kappa shape index (κ1) is 13.5. The van der Waals surface area contributed by atoms with Crippen LogP contribution in [-0.2, 0) is 13.6 Å². The highest BCUT2D eigenvalue weighted by molar-refractivity contribution is 9.10. The van der Waals surface area contributed by atoms with Crippen molar-refractivity contribution >= 4 is 33.2 Å². The van der Waals surface area contributed by atoms with Crippen LogP contribution in [0, 0.1) is 13.8 Å². The van der Waals surface area contributed by atoms with Crippen molar-refractivity contribution in [1.82, 2.24) is 4.57 Å². The van der Waals surface area contributed by atoms with Gasteiger partial charge in [-0.25, -0.2) is 0 Å². The summed E-state index contributed by atoms with van der Waals surface area (Å²) in [6.45, 7) is 5.07. The molecule has 0 aliphatic rings. The van der Waals surface area contributed by atoms with E-state index in [-0.39, 0.29) is 0 Å². The number of aryl methyl sites for hydroxylation is 1. The Labute approximate surface area is 121 Å². The van der Waals surface area contributed by atoms with Crippen molar-refractivity contribution in [2.45, 2.75) is 20.4 Å². The Hall–Kier alpha value is -0.930. The normalized spacial score (nSPS) is 10.7. The number of benzene rings is 1. The molecule has 0 amide bonds. The quantitative estimate of drug-likeness (QED) is 0.867. The Kier molecular flexibility index (Phi) is 4.03. The van der Waals surface area contributed by atoms with Crippen LogP contribution < -0.4 is 5.32 Å². The van der Waals surface area contributed by atoms with E-state index < -0.39 is 0 Å². The molecular formula is C14H16BrClN2. The van der Waals surface area contributed by atoms with Gasteiger partial charge in [-0.15, -0.1) is 0 Å². The molecule has 18 heavy (non-hydrogen) atoms. The van der Waals surface area contributed by atoms with Crippen LogP contribution in [0.4, 0.5) is 5.69 Å². The zero-order valence-corrected chi connectivity index (χ0v) is 13.1. The van der Waals surface area contributed by atoms with Gasteiger partial charge in [0.2, 0.25) is 0 Å². The average molecular weight is 328 g/mol. The van der Waals surface area contributed by atoms with E-state index in [2.05, 4.69) is 52.8 Å². The minimum absolute atomic E-state index is 0.723. The van der Waals surface area contributed by atoms with Gasteiger partial charge in [-0.05, 0) is 59.6 Å². The molecule has 1 aromatic carbocycles. The van der Waals surface area contributed by atoms with Gasteiger partial charge in [-0.3, -0.25) is 0 Å². The molecule has 0 fully saturated rings. The molecule has 2 rings (SSSR count). The summed E-state index contributed by atoms with van der Waals surface area (Å²) in [6.07, 6.45) is 0. The highest BCUT2D eigenvalue weighted by atomic mass is 79.9. The van der Waals surface area contributed by atoms with Crippen LogP contribution >= 0.6 is 27.5 Å². The number of nitrogens with zero attached hydrogens (tertiary/aromatic N) is 1. The summed E-state index contributed by atoms with van der Waals surface area (Å²) < 4.78 is 3.12. The zero-order valence-electron chi connectivity index (χ0n) is 10.7. The van der Waals surface area contributed by atoms with Crippen molar-refractivity contribution in [2.75, 3.05) is 5.32 Å². The Balaban J connectivity index is 2.11. The van der Waals surface area contributed by atoms with Gasteiger partial charge in [0.15, 0.2) is 0 Å². The van der Waals surface area contributed by atoms with E-state index in [0.717, 1.165) is 21.7 Å². The summed E-state index contributed by atoms with van der Waals surface area (Å²) in [4.78, 5) is 0. The standard InChI is InChI=1S/C14H16BrClN2/c1-9-6-11(10(2)18(9)3)8-17-12-4-5-13(15)14(16)7-12/h4-7,17H,8H2,1-3H3. The predicted molar refractivity (Wildman–Crippen MR) is 81.4 cm³/mol. The van der Waals surface area contributed by atoms with E-state index >= 15 is 0 Å². The van der Waals surface area contributed by atoms with Crippen LogP contribution in [0.1, 0.15) is 17.0 Å². The summed E-state index contributed by atoms with van der Waals surface area (Å²) in [5.74, 6) is 0. The van der Waals surface area contributed by atoms with Gasteiger partial charge >= 0.3 is 0 Å². The first-order valence-electron chi connectivity index (χ1n) is 5.79. The summed E-state index contributed by atoms with van der Waals surface area (Å²) in [5, 5.41) is 4.11. The second-order valence-electron chi connectivity index (χ2n) is 4.44. The fourth-order valence-corrected chi connectivity index (χ4v) is 2.34. The summed E-state index contributed by atoms with van der Waals surface area (Å²) in [5.41, 5.74) is 4.92. The highest BCUT2D eigenvalue weighted by Gasteiger charge is 2.06. The molecule has 0 saturated carbocycles. The molecule has 2 nitrogen and oxygen atoms in total. The third-order valence-electron chi connectivity index (χ3n) is 3.28. The van der Waals surface area contributed by atoms with Gasteiger partial charge in [0.1, 0.15) is 0 Å². The molecular weight excluding hydrogens is 312 g/mol. The minimum Gasteiger partial charge on any atom is -0.381 e. The topological polar surface area (TPSA) is 17.0 Å². The number of rotatable bonds is 3. The van der Waals surface area contributed by atoms with E-state index in [4.69, 9.17) is 11.6 Å². The van der Waals surface area contributed by atoms with E-state index in [0.29, 0.717) is 0 Å². The molecule has 0 atom stereocenters. The van der Waals surface area contributed by atoms with Gasteiger partial charge in [0.25, 0.3) is 0 Å². The number of anilines is 1. The fourth-order valence-electron chi connectivity index (χ4n) is 1.92. The van der Waals surface area contributed by atoms with Gasteiger partial charge in [0.05, 0.1) is 5.02 Å². The van der Waals surface area contributed by atoms with Gasteiger partial charge < -0.3 is 9.88 Å². The van der Waals surface area contributed by atoms with E-state index in [9.17, 15) is 0 Å². The van der Waals surface area contributed by atoms with Crippen LogP contribution in [0.5, 0.6) is 0 Å². The van der Waals surface area contributed by atoms with E-state index in [1.807, 2.05) is 18.2 Å². The fraction of sp³-hybridized carbons (Fsp3) is 0.286. The van der Waals surface area contributed by atoms with Crippen molar-refractivity contribution in [2.24, 2.45) is 7.05 Å². The molecule has 0 spiro atoms. The molecule has 1 aromatic heterocycles. The molecule has 96 valence electrons. The van der Waals surface area contributed by atoms with Crippen LogP contribution in [0.25, 0.3) is 0 Å². The maximum Gasteiger partial charge on any atom is 0.0568 e. The Morgan fingerprint density at radius 1 is 1.28 bits per heavy atom. The van der Waals surface area contributed by atoms with Crippen molar-refractivity contribution in [1.29, 1.82) is 0 Å². The lowest BCUT2D eigenvalue weighted by molar-refractivity contribution is 0.837. The van der Waals surface area contributed by atoms with Gasteiger partial charge in [-0.2, -0.15) is 0 Å². The molecule has 1 heterocycles. The van der Waals surface area contributed by atoms with Gasteiger partial charge in [-0.1, -0.05) is 11.6 Å². The third-order valence-corrected chi connectivity index (χ3v) is 4.52. The second kappa shape index (κ2) is 5.37. The second-order valence-corrected chi connectivity index (χ2v) is 5.70. The lowest BCUT2D eigenvalue weighted by Crippen LogP contribution is -2.01. The minimum atomic E-state index is 0.723. The molecule has 0 saturated heterocycles. The average Bonchev–Trinajstić information content (AvgIpc) is 2.58. The summed E-state index contributed by atoms with van der Waals surface area (Å²) in [7, 11) is 2.09. The highest BCUT2D eigenvalue weighted by Crippen LogP contribution is 2.26. The number of nitrogens with one attached hydrogen (secondary N) is 1. The Morgan fingerprint density at radius 2 is 2.00 bits per heavy atom. The number of aromatic nitrogens is 1. The molecule has 0 aliphatic heterocycles. The Bertz CT molecular complexity index is 575. The SMILES string of the molecule is Cc1cc(CNc2ccc(Br)c(Cl)c2)c(C)n1C.